The fourth-order valence-corrected chi connectivity index (χ4v) is 3.53. The molecule has 6 heteroatoms. The van der Waals surface area contributed by atoms with Gasteiger partial charge in [0.2, 0.25) is 5.89 Å². The number of aryl methyl sites for hydroxylation is 1. The second-order valence-corrected chi connectivity index (χ2v) is 7.18. The highest BCUT2D eigenvalue weighted by Gasteiger charge is 2.18. The molecular formula is C20H22N2O3S. The number of benzene rings is 1. The molecule has 0 saturated heterocycles. The molecule has 5 nitrogen and oxygen atoms in total. The van der Waals surface area contributed by atoms with Crippen LogP contribution in [0.25, 0.3) is 11.5 Å². The van der Waals surface area contributed by atoms with Gasteiger partial charge in [-0.25, -0.2) is 9.78 Å². The lowest BCUT2D eigenvalue weighted by Crippen LogP contribution is -2.21. The molecule has 26 heavy (non-hydrogen) atoms. The van der Waals surface area contributed by atoms with Gasteiger partial charge in [0, 0.05) is 23.0 Å². The smallest absolute Gasteiger partial charge is 0.337 e. The summed E-state index contributed by atoms with van der Waals surface area (Å²) in [6.07, 6.45) is 0. The lowest BCUT2D eigenvalue weighted by atomic mass is 10.1. The minimum Gasteiger partial charge on any atom is -0.465 e. The Bertz CT molecular complexity index is 869. The van der Waals surface area contributed by atoms with E-state index in [2.05, 4.69) is 41.4 Å². The third kappa shape index (κ3) is 3.86. The lowest BCUT2D eigenvalue weighted by molar-refractivity contribution is 0.0600. The molecule has 3 rings (SSSR count). The molecule has 0 saturated carbocycles. The van der Waals surface area contributed by atoms with Gasteiger partial charge in [0.05, 0.1) is 18.4 Å². The van der Waals surface area contributed by atoms with E-state index in [1.165, 1.54) is 12.0 Å². The topological polar surface area (TPSA) is 55.6 Å². The minimum atomic E-state index is -0.356. The number of carbonyl (C=O) groups is 1. The van der Waals surface area contributed by atoms with Gasteiger partial charge in [-0.1, -0.05) is 6.07 Å². The molecule has 0 aliphatic carbocycles. The van der Waals surface area contributed by atoms with Crippen LogP contribution in [0.5, 0.6) is 0 Å². The fourth-order valence-electron chi connectivity index (χ4n) is 2.68. The Balaban J connectivity index is 1.75. The third-order valence-electron chi connectivity index (χ3n) is 4.46. The summed E-state index contributed by atoms with van der Waals surface area (Å²) in [5, 5.41) is 2.09. The largest absolute Gasteiger partial charge is 0.465 e. The molecule has 0 fully saturated rings. The first-order valence-electron chi connectivity index (χ1n) is 8.38. The fraction of sp³-hybridized carbons (Fsp3) is 0.300. The van der Waals surface area contributed by atoms with E-state index >= 15 is 0 Å². The van der Waals surface area contributed by atoms with Crippen molar-refractivity contribution in [1.82, 2.24) is 9.88 Å². The van der Waals surface area contributed by atoms with Crippen LogP contribution in [0.4, 0.5) is 0 Å². The Kier molecular flexibility index (Phi) is 5.54. The summed E-state index contributed by atoms with van der Waals surface area (Å²) in [4.78, 5) is 19.8. The molecule has 0 N–H and O–H groups in total. The molecule has 136 valence electrons. The third-order valence-corrected chi connectivity index (χ3v) is 5.50. The van der Waals surface area contributed by atoms with E-state index in [4.69, 9.17) is 9.15 Å². The molecule has 3 aromatic rings. The van der Waals surface area contributed by atoms with Crippen LogP contribution >= 0.6 is 11.3 Å². The molecular weight excluding hydrogens is 348 g/mol. The average Bonchev–Trinajstić information content (AvgIpc) is 3.31. The van der Waals surface area contributed by atoms with Crippen LogP contribution in [0.15, 0.2) is 46.2 Å². The van der Waals surface area contributed by atoms with Crippen LogP contribution in [0, 0.1) is 6.92 Å². The van der Waals surface area contributed by atoms with E-state index in [1.807, 2.05) is 19.1 Å². The molecule has 0 bridgehead atoms. The summed E-state index contributed by atoms with van der Waals surface area (Å²) in [5.74, 6) is 1.01. The van der Waals surface area contributed by atoms with E-state index in [-0.39, 0.29) is 5.97 Å². The van der Waals surface area contributed by atoms with Crippen molar-refractivity contribution in [2.75, 3.05) is 14.2 Å². The second kappa shape index (κ2) is 7.85. The summed E-state index contributed by atoms with van der Waals surface area (Å²) in [6, 6.07) is 11.6. The van der Waals surface area contributed by atoms with Gasteiger partial charge in [0.25, 0.3) is 0 Å². The first-order valence-corrected chi connectivity index (χ1v) is 9.26. The van der Waals surface area contributed by atoms with Crippen molar-refractivity contribution in [3.05, 3.63) is 63.7 Å². The molecule has 0 spiro atoms. The van der Waals surface area contributed by atoms with Crippen LogP contribution in [0.1, 0.15) is 39.7 Å². The van der Waals surface area contributed by atoms with Gasteiger partial charge >= 0.3 is 5.97 Å². The monoisotopic (exact) mass is 370 g/mol. The first kappa shape index (κ1) is 18.4. The second-order valence-electron chi connectivity index (χ2n) is 6.20. The van der Waals surface area contributed by atoms with Crippen molar-refractivity contribution in [2.45, 2.75) is 26.4 Å². The molecule has 0 aliphatic heterocycles. The molecule has 2 aromatic heterocycles. The quantitative estimate of drug-likeness (QED) is 0.589. The SMILES string of the molecule is COC(=O)c1ccc(-c2nc(CN(C)[C@H](C)c3cccs3)c(C)o2)cc1. The minimum absolute atomic E-state index is 0.314. The van der Waals surface area contributed by atoms with E-state index in [9.17, 15) is 4.79 Å². The van der Waals surface area contributed by atoms with Crippen LogP contribution in [-0.2, 0) is 11.3 Å². The van der Waals surface area contributed by atoms with E-state index < -0.39 is 0 Å². The zero-order valence-electron chi connectivity index (χ0n) is 15.4. The van der Waals surface area contributed by atoms with Gasteiger partial charge in [-0.05, 0) is 56.6 Å². The van der Waals surface area contributed by atoms with E-state index in [0.717, 1.165) is 17.0 Å². The lowest BCUT2D eigenvalue weighted by Gasteiger charge is -2.22. The van der Waals surface area contributed by atoms with Crippen LogP contribution in [0.2, 0.25) is 0 Å². The molecule has 0 unspecified atom stereocenters. The summed E-state index contributed by atoms with van der Waals surface area (Å²) < 4.78 is 10.6. The van der Waals surface area contributed by atoms with Gasteiger partial charge in [0.1, 0.15) is 5.76 Å². The zero-order chi connectivity index (χ0) is 18.7. The highest BCUT2D eigenvalue weighted by atomic mass is 32.1. The highest BCUT2D eigenvalue weighted by molar-refractivity contribution is 7.10. The summed E-state index contributed by atoms with van der Waals surface area (Å²) in [5.41, 5.74) is 2.26. The van der Waals surface area contributed by atoms with Crippen LogP contribution < -0.4 is 0 Å². The Labute approximate surface area is 157 Å². The van der Waals surface area contributed by atoms with Crippen molar-refractivity contribution in [2.24, 2.45) is 0 Å². The normalized spacial score (nSPS) is 12.3. The predicted molar refractivity (Wildman–Crippen MR) is 102 cm³/mol. The van der Waals surface area contributed by atoms with E-state index in [0.29, 0.717) is 24.0 Å². The molecule has 0 amide bonds. The van der Waals surface area contributed by atoms with Crippen molar-refractivity contribution < 1.29 is 13.9 Å². The molecule has 0 aliphatic rings. The van der Waals surface area contributed by atoms with Gasteiger partial charge in [-0.3, -0.25) is 4.90 Å². The Morgan fingerprint density at radius 1 is 1.31 bits per heavy atom. The number of hydrogen-bond donors (Lipinski definition) is 0. The number of oxazole rings is 1. The Morgan fingerprint density at radius 3 is 2.65 bits per heavy atom. The van der Waals surface area contributed by atoms with Crippen LogP contribution in [-0.4, -0.2) is 30.0 Å². The number of methoxy groups -OCH3 is 1. The van der Waals surface area contributed by atoms with Crippen molar-refractivity contribution in [3.63, 3.8) is 0 Å². The predicted octanol–water partition coefficient (Wildman–Crippen LogP) is 4.69. The van der Waals surface area contributed by atoms with Crippen LogP contribution in [0.3, 0.4) is 0 Å². The van der Waals surface area contributed by atoms with Crippen molar-refractivity contribution in [1.29, 1.82) is 0 Å². The average molecular weight is 370 g/mol. The zero-order valence-corrected chi connectivity index (χ0v) is 16.2. The standard InChI is InChI=1S/C20H22N2O3S/c1-13(18-6-5-11-26-18)22(3)12-17-14(2)25-19(21-17)15-7-9-16(10-8-15)20(23)24-4/h5-11,13H,12H2,1-4H3/t13-/m1/s1. The number of thiophene rings is 1. The molecule has 2 heterocycles. The maximum absolute atomic E-state index is 11.5. The van der Waals surface area contributed by atoms with E-state index in [1.54, 1.807) is 23.5 Å². The Morgan fingerprint density at radius 2 is 2.04 bits per heavy atom. The number of aromatic nitrogens is 1. The number of nitrogens with zero attached hydrogens (tertiary/aromatic N) is 2. The van der Waals surface area contributed by atoms with Gasteiger partial charge in [-0.15, -0.1) is 11.3 Å². The van der Waals surface area contributed by atoms with Crippen molar-refractivity contribution in [3.8, 4) is 11.5 Å². The van der Waals surface area contributed by atoms with Gasteiger partial charge in [0.15, 0.2) is 0 Å². The van der Waals surface area contributed by atoms with Gasteiger partial charge < -0.3 is 9.15 Å². The summed E-state index contributed by atoms with van der Waals surface area (Å²) in [6.45, 7) is 4.82. The number of esters is 1. The maximum atomic E-state index is 11.5. The van der Waals surface area contributed by atoms with Crippen molar-refractivity contribution >= 4 is 17.3 Å². The maximum Gasteiger partial charge on any atom is 0.337 e. The molecule has 1 atom stereocenters. The molecule has 1 aromatic carbocycles. The highest BCUT2D eigenvalue weighted by Crippen LogP contribution is 2.27. The molecule has 0 radical (unpaired) electrons. The summed E-state index contributed by atoms with van der Waals surface area (Å²) >= 11 is 1.76. The summed E-state index contributed by atoms with van der Waals surface area (Å²) in [7, 11) is 3.46. The number of ether oxygens (including phenoxy) is 1. The van der Waals surface area contributed by atoms with Gasteiger partial charge in [-0.2, -0.15) is 0 Å². The number of carbonyl (C=O) groups excluding carboxylic acids is 1. The number of rotatable bonds is 6. The Hall–Kier alpha value is -2.44. The first-order chi connectivity index (χ1) is 12.5. The number of hydrogen-bond acceptors (Lipinski definition) is 6.